The van der Waals surface area contributed by atoms with E-state index in [0.29, 0.717) is 24.1 Å². The molecule has 0 spiro atoms. The third-order valence-electron chi connectivity index (χ3n) is 2.88. The number of halogens is 1. The van der Waals surface area contributed by atoms with Crippen molar-refractivity contribution in [3.05, 3.63) is 29.4 Å². The summed E-state index contributed by atoms with van der Waals surface area (Å²) in [5.41, 5.74) is -0.0546. The predicted molar refractivity (Wildman–Crippen MR) is 65.3 cm³/mol. The Morgan fingerprint density at radius 1 is 1.42 bits per heavy atom. The first-order chi connectivity index (χ1) is 9.13. The Bertz CT molecular complexity index is 624. The lowest BCUT2D eigenvalue weighted by Crippen LogP contribution is -2.48. The van der Waals surface area contributed by atoms with E-state index in [0.717, 1.165) is 0 Å². The van der Waals surface area contributed by atoms with Crippen LogP contribution in [0.5, 0.6) is 0 Å². The number of anilines is 1. The molecular weight excluding hydrogens is 272 g/mol. The number of aromatic nitrogens is 5. The third kappa shape index (κ3) is 2.22. The predicted octanol–water partition coefficient (Wildman–Crippen LogP) is 0.481. The number of carboxylic acids is 1. The van der Waals surface area contributed by atoms with Gasteiger partial charge in [0.1, 0.15) is 11.0 Å². The molecule has 2 aromatic heterocycles. The zero-order valence-electron chi connectivity index (χ0n) is 9.64. The van der Waals surface area contributed by atoms with Gasteiger partial charge in [-0.3, -0.25) is 4.98 Å². The van der Waals surface area contributed by atoms with Crippen LogP contribution in [0.15, 0.2) is 18.6 Å². The smallest absolute Gasteiger partial charge is 0.358 e. The molecule has 1 aliphatic rings. The minimum absolute atomic E-state index is 0.0546. The quantitative estimate of drug-likeness (QED) is 0.873. The molecule has 1 N–H and O–H groups in total. The lowest BCUT2D eigenvalue weighted by Gasteiger charge is -2.39. The van der Waals surface area contributed by atoms with Crippen LogP contribution in [0.2, 0.25) is 5.15 Å². The van der Waals surface area contributed by atoms with E-state index in [-0.39, 0.29) is 11.7 Å². The van der Waals surface area contributed by atoms with E-state index in [1.165, 1.54) is 12.4 Å². The van der Waals surface area contributed by atoms with Crippen molar-refractivity contribution in [3.8, 4) is 0 Å². The van der Waals surface area contributed by atoms with Gasteiger partial charge in [0.05, 0.1) is 24.6 Å². The van der Waals surface area contributed by atoms with Crippen molar-refractivity contribution in [2.24, 2.45) is 0 Å². The number of hydrogen-bond acceptors (Lipinski definition) is 6. The molecule has 1 aliphatic heterocycles. The number of rotatable bonds is 3. The van der Waals surface area contributed by atoms with Gasteiger partial charge in [0.2, 0.25) is 0 Å². The van der Waals surface area contributed by atoms with Crippen molar-refractivity contribution in [3.63, 3.8) is 0 Å². The number of aromatic carboxylic acids is 1. The van der Waals surface area contributed by atoms with E-state index >= 15 is 0 Å². The van der Waals surface area contributed by atoms with Gasteiger partial charge in [0, 0.05) is 13.1 Å². The Hall–Kier alpha value is -2.22. The molecule has 2 aromatic rings. The minimum atomic E-state index is -1.08. The molecule has 0 aliphatic carbocycles. The molecule has 8 nitrogen and oxygen atoms in total. The lowest BCUT2D eigenvalue weighted by atomic mass is 10.1. The van der Waals surface area contributed by atoms with Gasteiger partial charge in [-0.05, 0) is 0 Å². The van der Waals surface area contributed by atoms with Gasteiger partial charge in [-0.25, -0.2) is 14.5 Å². The highest BCUT2D eigenvalue weighted by atomic mass is 35.5. The Morgan fingerprint density at radius 2 is 2.21 bits per heavy atom. The second-order valence-corrected chi connectivity index (χ2v) is 4.53. The second kappa shape index (κ2) is 4.47. The topological polar surface area (TPSA) is 97.0 Å². The minimum Gasteiger partial charge on any atom is -0.476 e. The van der Waals surface area contributed by atoms with Crippen LogP contribution >= 0.6 is 11.6 Å². The molecule has 0 saturated carbocycles. The average molecular weight is 281 g/mol. The summed E-state index contributed by atoms with van der Waals surface area (Å²) in [5, 5.41) is 16.5. The number of carboxylic acid groups (broad SMARTS) is 1. The normalized spacial score (nSPS) is 15.3. The standard InChI is InChI=1S/C10H9ClN6O2/c11-8-1-12-2-9(13-8)16-3-6(4-16)17-5-7(10(18)19)14-15-17/h1-2,5-6H,3-4H2,(H,18,19). The number of nitrogens with zero attached hydrogens (tertiary/aromatic N) is 6. The first kappa shape index (κ1) is 11.8. The van der Waals surface area contributed by atoms with Crippen LogP contribution in [0.4, 0.5) is 5.82 Å². The molecule has 0 bridgehead atoms. The second-order valence-electron chi connectivity index (χ2n) is 4.15. The maximum Gasteiger partial charge on any atom is 0.358 e. The fourth-order valence-corrected chi connectivity index (χ4v) is 1.99. The molecule has 0 radical (unpaired) electrons. The van der Waals surface area contributed by atoms with Crippen LogP contribution in [0.25, 0.3) is 0 Å². The van der Waals surface area contributed by atoms with Crippen molar-refractivity contribution in [1.29, 1.82) is 0 Å². The van der Waals surface area contributed by atoms with Gasteiger partial charge < -0.3 is 10.0 Å². The molecule has 3 rings (SSSR count). The maximum atomic E-state index is 10.7. The highest BCUT2D eigenvalue weighted by molar-refractivity contribution is 6.29. The summed E-state index contributed by atoms with van der Waals surface area (Å²) < 4.78 is 1.55. The molecule has 0 atom stereocenters. The molecule has 0 unspecified atom stereocenters. The maximum absolute atomic E-state index is 10.7. The number of carbonyl (C=O) groups is 1. The van der Waals surface area contributed by atoms with Crippen molar-refractivity contribution in [2.45, 2.75) is 6.04 Å². The SMILES string of the molecule is O=C(O)c1cn(C2CN(c3cncc(Cl)n3)C2)nn1. The van der Waals surface area contributed by atoms with Crippen molar-refractivity contribution >= 4 is 23.4 Å². The summed E-state index contributed by atoms with van der Waals surface area (Å²) in [4.78, 5) is 20.8. The molecule has 9 heteroatoms. The zero-order valence-corrected chi connectivity index (χ0v) is 10.4. The summed E-state index contributed by atoms with van der Waals surface area (Å²) in [6, 6.07) is 0.0846. The van der Waals surface area contributed by atoms with Gasteiger partial charge in [0.25, 0.3) is 0 Å². The molecule has 0 amide bonds. The van der Waals surface area contributed by atoms with E-state index in [2.05, 4.69) is 20.3 Å². The Labute approximate surface area is 112 Å². The molecule has 0 aromatic carbocycles. The summed E-state index contributed by atoms with van der Waals surface area (Å²) in [7, 11) is 0. The summed E-state index contributed by atoms with van der Waals surface area (Å²) in [6.45, 7) is 1.33. The van der Waals surface area contributed by atoms with Crippen LogP contribution in [0.1, 0.15) is 16.5 Å². The van der Waals surface area contributed by atoms with Gasteiger partial charge in [-0.2, -0.15) is 0 Å². The zero-order chi connectivity index (χ0) is 13.4. The van der Waals surface area contributed by atoms with Crippen LogP contribution in [0, 0.1) is 0 Å². The summed E-state index contributed by atoms with van der Waals surface area (Å²) in [6.07, 6.45) is 4.53. The first-order valence-corrected chi connectivity index (χ1v) is 5.89. The van der Waals surface area contributed by atoms with Crippen LogP contribution in [0.3, 0.4) is 0 Å². The van der Waals surface area contributed by atoms with E-state index in [1.807, 2.05) is 4.90 Å². The average Bonchev–Trinajstić information content (AvgIpc) is 2.76. The van der Waals surface area contributed by atoms with Crippen LogP contribution < -0.4 is 4.90 Å². The molecular formula is C10H9ClN6O2. The fraction of sp³-hybridized carbons (Fsp3) is 0.300. The number of hydrogen-bond donors (Lipinski definition) is 1. The highest BCUT2D eigenvalue weighted by Gasteiger charge is 2.31. The first-order valence-electron chi connectivity index (χ1n) is 5.51. The van der Waals surface area contributed by atoms with E-state index in [9.17, 15) is 4.79 Å². The monoisotopic (exact) mass is 280 g/mol. The van der Waals surface area contributed by atoms with Gasteiger partial charge >= 0.3 is 5.97 Å². The Balaban J connectivity index is 1.67. The van der Waals surface area contributed by atoms with Gasteiger partial charge in [-0.15, -0.1) is 5.10 Å². The van der Waals surface area contributed by atoms with Crippen LogP contribution in [-0.2, 0) is 0 Å². The molecule has 19 heavy (non-hydrogen) atoms. The van der Waals surface area contributed by atoms with E-state index < -0.39 is 5.97 Å². The van der Waals surface area contributed by atoms with Crippen molar-refractivity contribution in [2.75, 3.05) is 18.0 Å². The molecule has 1 saturated heterocycles. The Morgan fingerprint density at radius 3 is 2.84 bits per heavy atom. The fourth-order valence-electron chi connectivity index (χ4n) is 1.85. The molecule has 3 heterocycles. The lowest BCUT2D eigenvalue weighted by molar-refractivity contribution is 0.0690. The third-order valence-corrected chi connectivity index (χ3v) is 3.06. The molecule has 1 fully saturated rings. The van der Waals surface area contributed by atoms with E-state index in [1.54, 1.807) is 10.9 Å². The van der Waals surface area contributed by atoms with E-state index in [4.69, 9.17) is 16.7 Å². The van der Waals surface area contributed by atoms with Gasteiger partial charge in [-0.1, -0.05) is 16.8 Å². The summed E-state index contributed by atoms with van der Waals surface area (Å²) >= 11 is 5.77. The largest absolute Gasteiger partial charge is 0.476 e. The highest BCUT2D eigenvalue weighted by Crippen LogP contribution is 2.25. The molecule has 98 valence electrons. The van der Waals surface area contributed by atoms with Crippen molar-refractivity contribution in [1.82, 2.24) is 25.0 Å². The van der Waals surface area contributed by atoms with Crippen LogP contribution in [-0.4, -0.2) is 49.1 Å². The van der Waals surface area contributed by atoms with Gasteiger partial charge in [0.15, 0.2) is 5.69 Å². The summed E-state index contributed by atoms with van der Waals surface area (Å²) in [5.74, 6) is -0.384. The Kier molecular flexibility index (Phi) is 2.79. The van der Waals surface area contributed by atoms with Crippen molar-refractivity contribution < 1.29 is 9.90 Å².